The van der Waals surface area contributed by atoms with E-state index in [2.05, 4.69) is 0 Å². The molecule has 0 fully saturated rings. The highest BCUT2D eigenvalue weighted by molar-refractivity contribution is 7.93. The second-order valence-corrected chi connectivity index (χ2v) is 5.38. The molecule has 0 aliphatic heterocycles. The van der Waals surface area contributed by atoms with Gasteiger partial charge in [-0.25, -0.2) is 8.42 Å². The van der Waals surface area contributed by atoms with Crippen LogP contribution in [0.1, 0.15) is 20.3 Å². The van der Waals surface area contributed by atoms with Crippen molar-refractivity contribution in [3.8, 4) is 0 Å². The SMILES string of the molecule is CC(C)CC(N)C=CS(C)(=O)=O.Cl. The molecule has 0 aliphatic carbocycles. The van der Waals surface area contributed by atoms with Crippen LogP contribution >= 0.6 is 12.4 Å². The Morgan fingerprint density at radius 3 is 2.15 bits per heavy atom. The van der Waals surface area contributed by atoms with Gasteiger partial charge in [0.1, 0.15) is 0 Å². The van der Waals surface area contributed by atoms with E-state index in [1.807, 2.05) is 13.8 Å². The van der Waals surface area contributed by atoms with Gasteiger partial charge in [0.15, 0.2) is 9.84 Å². The molecule has 0 heterocycles. The second-order valence-electron chi connectivity index (χ2n) is 3.45. The van der Waals surface area contributed by atoms with Crippen LogP contribution in [0.25, 0.3) is 0 Å². The fourth-order valence-electron chi connectivity index (χ4n) is 0.867. The first kappa shape index (κ1) is 15.4. The highest BCUT2D eigenvalue weighted by atomic mass is 35.5. The number of rotatable bonds is 4. The lowest BCUT2D eigenvalue weighted by molar-refractivity contribution is 0.546. The van der Waals surface area contributed by atoms with E-state index in [9.17, 15) is 8.42 Å². The van der Waals surface area contributed by atoms with Crippen LogP contribution in [-0.2, 0) is 9.84 Å². The van der Waals surface area contributed by atoms with Crippen LogP contribution in [0.5, 0.6) is 0 Å². The summed E-state index contributed by atoms with van der Waals surface area (Å²) in [6.45, 7) is 4.10. The van der Waals surface area contributed by atoms with Crippen molar-refractivity contribution in [1.29, 1.82) is 0 Å². The average molecular weight is 228 g/mol. The maximum Gasteiger partial charge on any atom is 0.168 e. The Labute approximate surface area is 86.7 Å². The van der Waals surface area contributed by atoms with E-state index in [1.165, 1.54) is 11.5 Å². The van der Waals surface area contributed by atoms with E-state index < -0.39 is 9.84 Å². The van der Waals surface area contributed by atoms with Crippen molar-refractivity contribution in [2.45, 2.75) is 26.3 Å². The molecule has 0 amide bonds. The number of halogens is 1. The van der Waals surface area contributed by atoms with Crippen LogP contribution in [-0.4, -0.2) is 20.7 Å². The largest absolute Gasteiger partial charge is 0.324 e. The number of hydrogen-bond donors (Lipinski definition) is 1. The Bertz CT molecular complexity index is 247. The van der Waals surface area contributed by atoms with Gasteiger partial charge >= 0.3 is 0 Å². The third kappa shape index (κ3) is 11.9. The van der Waals surface area contributed by atoms with Crippen molar-refractivity contribution in [3.63, 3.8) is 0 Å². The normalized spacial score (nSPS) is 14.5. The van der Waals surface area contributed by atoms with Crippen LogP contribution in [0, 0.1) is 5.92 Å². The van der Waals surface area contributed by atoms with Crippen molar-refractivity contribution >= 4 is 22.2 Å². The lowest BCUT2D eigenvalue weighted by Crippen LogP contribution is -2.19. The van der Waals surface area contributed by atoms with E-state index in [0.717, 1.165) is 12.7 Å². The zero-order chi connectivity index (χ0) is 9.78. The van der Waals surface area contributed by atoms with Gasteiger partial charge in [0.25, 0.3) is 0 Å². The summed E-state index contributed by atoms with van der Waals surface area (Å²) in [6, 6.07) is -0.153. The van der Waals surface area contributed by atoms with Gasteiger partial charge in [-0.3, -0.25) is 0 Å². The average Bonchev–Trinajstić information content (AvgIpc) is 1.80. The summed E-state index contributed by atoms with van der Waals surface area (Å²) in [6.07, 6.45) is 3.51. The predicted octanol–water partition coefficient (Wildman–Crippen LogP) is 1.34. The molecule has 1 atom stereocenters. The first-order chi connectivity index (χ1) is 5.31. The molecule has 2 N–H and O–H groups in total. The summed E-state index contributed by atoms with van der Waals surface area (Å²) < 4.78 is 21.4. The van der Waals surface area contributed by atoms with Crippen LogP contribution in [0.2, 0.25) is 0 Å². The third-order valence-electron chi connectivity index (χ3n) is 1.32. The molecule has 3 nitrogen and oxygen atoms in total. The minimum atomic E-state index is -3.02. The minimum absolute atomic E-state index is 0. The van der Waals surface area contributed by atoms with Crippen LogP contribution in [0.4, 0.5) is 0 Å². The lowest BCUT2D eigenvalue weighted by Gasteiger charge is -2.08. The summed E-state index contributed by atoms with van der Waals surface area (Å²) in [5, 5.41) is 1.17. The molecule has 5 heteroatoms. The standard InChI is InChI=1S/C8H17NO2S.ClH/c1-7(2)6-8(9)4-5-12(3,10)11;/h4-5,7-8H,6,9H2,1-3H3;1H. The molecule has 80 valence electrons. The summed E-state index contributed by atoms with van der Waals surface area (Å²) in [4.78, 5) is 0. The molecule has 13 heavy (non-hydrogen) atoms. The van der Waals surface area contributed by atoms with Crippen LogP contribution in [0.15, 0.2) is 11.5 Å². The van der Waals surface area contributed by atoms with Crippen molar-refractivity contribution in [2.75, 3.05) is 6.26 Å². The zero-order valence-corrected chi connectivity index (χ0v) is 9.86. The lowest BCUT2D eigenvalue weighted by atomic mass is 10.1. The molecule has 0 aromatic heterocycles. The fraction of sp³-hybridized carbons (Fsp3) is 0.750. The maximum absolute atomic E-state index is 10.7. The molecule has 0 bridgehead atoms. The van der Waals surface area contributed by atoms with Crippen molar-refractivity contribution < 1.29 is 8.42 Å². The van der Waals surface area contributed by atoms with E-state index in [4.69, 9.17) is 5.73 Å². The topological polar surface area (TPSA) is 60.2 Å². The second kappa shape index (κ2) is 6.40. The first-order valence-electron chi connectivity index (χ1n) is 3.95. The van der Waals surface area contributed by atoms with Crippen molar-refractivity contribution in [1.82, 2.24) is 0 Å². The molecule has 0 radical (unpaired) electrons. The summed E-state index contributed by atoms with van der Waals surface area (Å²) in [5.74, 6) is 0.490. The molecular formula is C8H18ClNO2S. The molecule has 0 aliphatic rings. The molecule has 0 saturated carbocycles. The Kier molecular flexibility index (Phi) is 7.59. The Morgan fingerprint density at radius 1 is 1.38 bits per heavy atom. The van der Waals surface area contributed by atoms with E-state index in [-0.39, 0.29) is 18.4 Å². The highest BCUT2D eigenvalue weighted by Crippen LogP contribution is 2.03. The van der Waals surface area contributed by atoms with Gasteiger partial charge < -0.3 is 5.73 Å². The molecule has 0 spiro atoms. The van der Waals surface area contributed by atoms with Gasteiger partial charge in [-0.15, -0.1) is 12.4 Å². The number of sulfone groups is 1. The van der Waals surface area contributed by atoms with Gasteiger partial charge in [-0.1, -0.05) is 19.9 Å². The Balaban J connectivity index is 0. The molecule has 0 aromatic rings. The van der Waals surface area contributed by atoms with Gasteiger partial charge in [0.05, 0.1) is 0 Å². The number of nitrogens with two attached hydrogens (primary N) is 1. The molecule has 0 aromatic carbocycles. The predicted molar refractivity (Wildman–Crippen MR) is 58.7 cm³/mol. The van der Waals surface area contributed by atoms with Crippen molar-refractivity contribution in [2.24, 2.45) is 11.7 Å². The van der Waals surface area contributed by atoms with Crippen LogP contribution < -0.4 is 5.73 Å². The molecular weight excluding hydrogens is 210 g/mol. The zero-order valence-electron chi connectivity index (χ0n) is 8.23. The monoisotopic (exact) mass is 227 g/mol. The van der Waals surface area contributed by atoms with E-state index in [0.29, 0.717) is 5.92 Å². The third-order valence-corrected chi connectivity index (χ3v) is 1.97. The van der Waals surface area contributed by atoms with Crippen molar-refractivity contribution in [3.05, 3.63) is 11.5 Å². The molecule has 0 rings (SSSR count). The van der Waals surface area contributed by atoms with Gasteiger partial charge in [0, 0.05) is 17.7 Å². The molecule has 1 unspecified atom stereocenters. The Hall–Kier alpha value is -0.0600. The first-order valence-corrected chi connectivity index (χ1v) is 5.90. The Morgan fingerprint density at radius 2 is 1.85 bits per heavy atom. The fourth-order valence-corrected chi connectivity index (χ4v) is 1.35. The summed E-state index contributed by atoms with van der Waals surface area (Å²) in [5.41, 5.74) is 5.63. The summed E-state index contributed by atoms with van der Waals surface area (Å²) in [7, 11) is -3.02. The van der Waals surface area contributed by atoms with Gasteiger partial charge in [-0.05, 0) is 12.3 Å². The maximum atomic E-state index is 10.7. The van der Waals surface area contributed by atoms with E-state index in [1.54, 1.807) is 0 Å². The van der Waals surface area contributed by atoms with E-state index >= 15 is 0 Å². The van der Waals surface area contributed by atoms with Gasteiger partial charge in [-0.2, -0.15) is 0 Å². The summed E-state index contributed by atoms with van der Waals surface area (Å²) >= 11 is 0. The minimum Gasteiger partial charge on any atom is -0.324 e. The smallest absolute Gasteiger partial charge is 0.168 e. The number of hydrogen-bond acceptors (Lipinski definition) is 3. The highest BCUT2D eigenvalue weighted by Gasteiger charge is 2.02. The molecule has 0 saturated heterocycles. The van der Waals surface area contributed by atoms with Gasteiger partial charge in [0.2, 0.25) is 0 Å². The van der Waals surface area contributed by atoms with Crippen LogP contribution in [0.3, 0.4) is 0 Å². The quantitative estimate of drug-likeness (QED) is 0.789.